The number of amides is 1. The van der Waals surface area contributed by atoms with E-state index in [1.165, 1.54) is 0 Å². The fourth-order valence-corrected chi connectivity index (χ4v) is 3.23. The Kier molecular flexibility index (Phi) is 7.46. The van der Waals surface area contributed by atoms with Crippen molar-refractivity contribution in [2.45, 2.75) is 44.7 Å². The smallest absolute Gasteiger partial charge is 0.222 e. The number of rotatable bonds is 4. The summed E-state index contributed by atoms with van der Waals surface area (Å²) in [5, 5.41) is 8.75. The molecule has 2 N–H and O–H groups in total. The molecule has 2 heterocycles. The summed E-state index contributed by atoms with van der Waals surface area (Å²) in [6.07, 6.45) is 4.59. The van der Waals surface area contributed by atoms with Crippen LogP contribution in [-0.4, -0.2) is 23.5 Å². The minimum Gasteiger partial charge on any atom is -0.346 e. The van der Waals surface area contributed by atoms with Crippen molar-refractivity contribution in [3.8, 4) is 0 Å². The van der Waals surface area contributed by atoms with Gasteiger partial charge in [-0.05, 0) is 44.7 Å². The lowest BCUT2D eigenvalue weighted by atomic mass is 9.94. The molecule has 0 bridgehead atoms. The Hall–Kier alpha value is -1.36. The highest BCUT2D eigenvalue weighted by Gasteiger charge is 2.27. The molecule has 1 atom stereocenters. The SMILES string of the molecule is CC(C)(NC(=O)CC1CCCN1)c1nccc2ccccc12.Cl.Cl. The molecule has 1 amide bonds. The summed E-state index contributed by atoms with van der Waals surface area (Å²) >= 11 is 0. The van der Waals surface area contributed by atoms with Crippen molar-refractivity contribution < 1.29 is 4.79 Å². The minimum atomic E-state index is -0.490. The summed E-state index contributed by atoms with van der Waals surface area (Å²) in [5.74, 6) is 0.0825. The van der Waals surface area contributed by atoms with Crippen LogP contribution in [0.1, 0.15) is 38.8 Å². The third-order valence-electron chi connectivity index (χ3n) is 4.31. The summed E-state index contributed by atoms with van der Waals surface area (Å²) in [5.41, 5.74) is 0.426. The first-order valence-electron chi connectivity index (χ1n) is 7.95. The van der Waals surface area contributed by atoms with Crippen LogP contribution in [0.25, 0.3) is 10.8 Å². The summed E-state index contributed by atoms with van der Waals surface area (Å²) < 4.78 is 0. The highest BCUT2D eigenvalue weighted by atomic mass is 35.5. The second kappa shape index (κ2) is 8.65. The summed E-state index contributed by atoms with van der Waals surface area (Å²) in [4.78, 5) is 16.9. The van der Waals surface area contributed by atoms with Crippen LogP contribution in [0.3, 0.4) is 0 Å². The van der Waals surface area contributed by atoms with Crippen LogP contribution in [-0.2, 0) is 10.3 Å². The van der Waals surface area contributed by atoms with Gasteiger partial charge in [-0.3, -0.25) is 9.78 Å². The van der Waals surface area contributed by atoms with E-state index in [-0.39, 0.29) is 30.7 Å². The number of hydrogen-bond donors (Lipinski definition) is 2. The van der Waals surface area contributed by atoms with Crippen molar-refractivity contribution in [2.75, 3.05) is 6.54 Å². The molecule has 1 unspecified atom stereocenters. The van der Waals surface area contributed by atoms with Crippen LogP contribution < -0.4 is 10.6 Å². The van der Waals surface area contributed by atoms with Crippen LogP contribution in [0.5, 0.6) is 0 Å². The molecule has 0 radical (unpaired) electrons. The highest BCUT2D eigenvalue weighted by Crippen LogP contribution is 2.26. The lowest BCUT2D eigenvalue weighted by Gasteiger charge is -2.27. The van der Waals surface area contributed by atoms with Gasteiger partial charge >= 0.3 is 0 Å². The molecule has 1 aromatic heterocycles. The number of aromatic nitrogens is 1. The molecular weight excluding hydrogens is 345 g/mol. The quantitative estimate of drug-likeness (QED) is 0.865. The molecule has 1 fully saturated rings. The van der Waals surface area contributed by atoms with Gasteiger partial charge in [0.05, 0.1) is 11.2 Å². The Bertz CT molecular complexity index is 680. The number of nitrogens with zero attached hydrogens (tertiary/aromatic N) is 1. The molecule has 0 saturated carbocycles. The van der Waals surface area contributed by atoms with Gasteiger partial charge in [0.25, 0.3) is 0 Å². The summed E-state index contributed by atoms with van der Waals surface area (Å²) in [6, 6.07) is 10.5. The van der Waals surface area contributed by atoms with Crippen LogP contribution >= 0.6 is 24.8 Å². The molecule has 3 rings (SSSR count). The third kappa shape index (κ3) is 4.59. The van der Waals surface area contributed by atoms with Gasteiger partial charge in [0.15, 0.2) is 0 Å². The van der Waals surface area contributed by atoms with Crippen LogP contribution in [0.2, 0.25) is 0 Å². The van der Waals surface area contributed by atoms with Gasteiger partial charge in [0.1, 0.15) is 0 Å². The van der Waals surface area contributed by atoms with Gasteiger partial charge in [-0.25, -0.2) is 0 Å². The largest absolute Gasteiger partial charge is 0.346 e. The molecule has 1 saturated heterocycles. The molecule has 4 nitrogen and oxygen atoms in total. The standard InChI is InChI=1S/C18H23N3O.2ClH/c1-18(2,21-16(22)12-14-7-5-10-19-14)17-15-8-4-3-6-13(15)9-11-20-17;;/h3-4,6,8-9,11,14,19H,5,7,10,12H2,1-2H3,(H,21,22);2*1H. The summed E-state index contributed by atoms with van der Waals surface area (Å²) in [6.45, 7) is 5.05. The zero-order chi connectivity index (χ0) is 15.6. The van der Waals surface area contributed by atoms with Crippen LogP contribution in [0.15, 0.2) is 36.5 Å². The van der Waals surface area contributed by atoms with E-state index in [1.807, 2.05) is 38.2 Å². The second-order valence-electron chi connectivity index (χ2n) is 6.55. The molecule has 0 aliphatic carbocycles. The Balaban J connectivity index is 0.00000144. The van der Waals surface area contributed by atoms with E-state index < -0.39 is 5.54 Å². The first-order valence-corrected chi connectivity index (χ1v) is 7.95. The van der Waals surface area contributed by atoms with Gasteiger partial charge < -0.3 is 10.6 Å². The maximum absolute atomic E-state index is 12.3. The van der Waals surface area contributed by atoms with Gasteiger partial charge in [-0.15, -0.1) is 24.8 Å². The number of carbonyl (C=O) groups excluding carboxylic acids is 1. The van der Waals surface area contributed by atoms with E-state index in [2.05, 4.69) is 27.8 Å². The van der Waals surface area contributed by atoms with Crippen LogP contribution in [0.4, 0.5) is 0 Å². The van der Waals surface area contributed by atoms with E-state index >= 15 is 0 Å². The topological polar surface area (TPSA) is 54.0 Å². The number of pyridine rings is 1. The number of halogens is 2. The predicted octanol–water partition coefficient (Wildman–Crippen LogP) is 3.57. The van der Waals surface area contributed by atoms with Crippen LogP contribution in [0, 0.1) is 0 Å². The Labute approximate surface area is 155 Å². The molecule has 1 aliphatic heterocycles. The molecule has 2 aromatic rings. The Morgan fingerprint density at radius 3 is 2.75 bits per heavy atom. The van der Waals surface area contributed by atoms with Crippen molar-refractivity contribution in [1.82, 2.24) is 15.6 Å². The van der Waals surface area contributed by atoms with Crippen molar-refractivity contribution in [1.29, 1.82) is 0 Å². The average Bonchev–Trinajstić information content (AvgIpc) is 2.98. The number of nitrogens with one attached hydrogen (secondary N) is 2. The van der Waals surface area contributed by atoms with Gasteiger partial charge in [-0.2, -0.15) is 0 Å². The zero-order valence-corrected chi connectivity index (χ0v) is 15.7. The average molecular weight is 370 g/mol. The molecule has 1 aromatic carbocycles. The number of carbonyl (C=O) groups is 1. The third-order valence-corrected chi connectivity index (χ3v) is 4.31. The van der Waals surface area contributed by atoms with Crippen molar-refractivity contribution in [3.05, 3.63) is 42.2 Å². The lowest BCUT2D eigenvalue weighted by molar-refractivity contribution is -0.123. The fraction of sp³-hybridized carbons (Fsp3) is 0.444. The second-order valence-corrected chi connectivity index (χ2v) is 6.55. The molecule has 24 heavy (non-hydrogen) atoms. The number of hydrogen-bond acceptors (Lipinski definition) is 3. The highest BCUT2D eigenvalue weighted by molar-refractivity contribution is 5.86. The molecule has 132 valence electrons. The van der Waals surface area contributed by atoms with E-state index in [0.29, 0.717) is 12.5 Å². The van der Waals surface area contributed by atoms with Crippen molar-refractivity contribution >= 4 is 41.5 Å². The molecular formula is C18H25Cl2N3O. The summed E-state index contributed by atoms with van der Waals surface area (Å²) in [7, 11) is 0. The van der Waals surface area contributed by atoms with E-state index in [9.17, 15) is 4.79 Å². The van der Waals surface area contributed by atoms with Gasteiger partial charge in [-0.1, -0.05) is 24.3 Å². The zero-order valence-electron chi connectivity index (χ0n) is 14.0. The first-order chi connectivity index (χ1) is 10.6. The Morgan fingerprint density at radius 2 is 2.04 bits per heavy atom. The van der Waals surface area contributed by atoms with E-state index in [0.717, 1.165) is 35.9 Å². The van der Waals surface area contributed by atoms with Gasteiger partial charge in [0, 0.05) is 24.0 Å². The molecule has 1 aliphatic rings. The maximum atomic E-state index is 12.3. The Morgan fingerprint density at radius 1 is 1.29 bits per heavy atom. The van der Waals surface area contributed by atoms with Crippen molar-refractivity contribution in [2.24, 2.45) is 0 Å². The van der Waals surface area contributed by atoms with E-state index in [4.69, 9.17) is 0 Å². The first kappa shape index (κ1) is 20.7. The lowest BCUT2D eigenvalue weighted by Crippen LogP contribution is -2.43. The fourth-order valence-electron chi connectivity index (χ4n) is 3.23. The maximum Gasteiger partial charge on any atom is 0.222 e. The predicted molar refractivity (Wildman–Crippen MR) is 103 cm³/mol. The molecule has 0 spiro atoms. The van der Waals surface area contributed by atoms with Gasteiger partial charge in [0.2, 0.25) is 5.91 Å². The van der Waals surface area contributed by atoms with E-state index in [1.54, 1.807) is 0 Å². The van der Waals surface area contributed by atoms with Crippen molar-refractivity contribution in [3.63, 3.8) is 0 Å². The normalized spacial score (nSPS) is 17.0. The number of fused-ring (bicyclic) bond motifs is 1. The monoisotopic (exact) mass is 369 g/mol. The number of benzene rings is 1. The molecule has 6 heteroatoms. The minimum absolute atomic E-state index is 0.